The van der Waals surface area contributed by atoms with Gasteiger partial charge in [-0.25, -0.2) is 19.2 Å². The number of carbonyl (C=O) groups excluding carboxylic acids is 6. The van der Waals surface area contributed by atoms with Crippen molar-refractivity contribution in [3.63, 3.8) is 0 Å². The van der Waals surface area contributed by atoms with Crippen LogP contribution >= 0.6 is 0 Å². The maximum absolute atomic E-state index is 13.7. The van der Waals surface area contributed by atoms with Crippen LogP contribution in [0.15, 0.2) is 91.0 Å². The van der Waals surface area contributed by atoms with Crippen LogP contribution in [0.25, 0.3) is 11.1 Å². The van der Waals surface area contributed by atoms with Gasteiger partial charge in [-0.2, -0.15) is 0 Å². The molecule has 0 aromatic heterocycles. The van der Waals surface area contributed by atoms with E-state index in [1.807, 2.05) is 48.5 Å². The number of rotatable bonds is 18. The van der Waals surface area contributed by atoms with E-state index in [0.717, 1.165) is 34.4 Å². The molecule has 0 radical (unpaired) electrons. The fraction of sp³-hybridized carbons (Fsp3) is 0.304. The van der Waals surface area contributed by atoms with Gasteiger partial charge < -0.3 is 50.8 Å². The first kappa shape index (κ1) is 49.5. The standard InChI is InChI=1S/C43H43N7O12.C3H8/c1-3-21-59-42(55)49(2)24-28-22-29(15-14-27(28)25-61-43(56)62-31-18-16-30(17-19-31)50(57)58)47-39(52)37(13-8-20-45-40(44)53)48-38(51)23-46-41(54)60-26-36-34-11-6-4-9-32(34)33-10-5-7-12-35(33)36;1-3-2/h1,4-7,9-12,14-19,22,36-37H,8,13,20-21,23-26H2,2H3,(H,46,54)(H,47,52)(H,48,51)(H3,44,45,53);3H2,1-2H3. The van der Waals surface area contributed by atoms with E-state index in [4.69, 9.17) is 31.1 Å². The van der Waals surface area contributed by atoms with Crippen LogP contribution in [0.4, 0.5) is 30.6 Å². The van der Waals surface area contributed by atoms with E-state index >= 15 is 0 Å². The zero-order chi connectivity index (χ0) is 47.3. The number of non-ortho nitro benzene ring substituents is 1. The van der Waals surface area contributed by atoms with Crippen molar-refractivity contribution in [3.8, 4) is 29.2 Å². The topological polar surface area (TPSA) is 260 Å². The van der Waals surface area contributed by atoms with E-state index < -0.39 is 53.7 Å². The second-order valence-electron chi connectivity index (χ2n) is 14.4. The molecule has 4 aromatic rings. The first-order valence-electron chi connectivity index (χ1n) is 20.5. The number of benzene rings is 4. The number of terminal acetylenes is 1. The SMILES string of the molecule is C#CCOC(=O)N(C)Cc1cc(NC(=O)C(CCCNC(N)=O)NC(=O)CNC(=O)OCC2c3ccccc3-c3ccccc32)ccc1COC(=O)Oc1ccc([N+](=O)[O-])cc1.CCC. The van der Waals surface area contributed by atoms with E-state index in [1.54, 1.807) is 0 Å². The van der Waals surface area contributed by atoms with E-state index in [-0.39, 0.29) is 68.8 Å². The lowest BCUT2D eigenvalue weighted by Crippen LogP contribution is -2.48. The highest BCUT2D eigenvalue weighted by Gasteiger charge is 2.29. The molecule has 65 heavy (non-hydrogen) atoms. The third-order valence-corrected chi connectivity index (χ3v) is 9.42. The van der Waals surface area contributed by atoms with Gasteiger partial charge in [-0.3, -0.25) is 19.7 Å². The summed E-state index contributed by atoms with van der Waals surface area (Å²) in [4.78, 5) is 87.3. The van der Waals surface area contributed by atoms with Gasteiger partial charge >= 0.3 is 24.4 Å². The molecular formula is C46H51N7O12. The van der Waals surface area contributed by atoms with Crippen LogP contribution in [-0.4, -0.2) is 85.4 Å². The van der Waals surface area contributed by atoms with Crippen LogP contribution in [0.3, 0.4) is 0 Å². The Labute approximate surface area is 375 Å². The number of primary amides is 1. The molecule has 6 amide bonds. The Morgan fingerprint density at radius 2 is 1.52 bits per heavy atom. The summed E-state index contributed by atoms with van der Waals surface area (Å²) in [7, 11) is 1.43. The van der Waals surface area contributed by atoms with Crippen LogP contribution in [-0.2, 0) is 37.0 Å². The second-order valence-corrected chi connectivity index (χ2v) is 14.4. The molecule has 1 aliphatic rings. The summed E-state index contributed by atoms with van der Waals surface area (Å²) >= 11 is 0. The number of nitrogens with two attached hydrogens (primary N) is 1. The van der Waals surface area contributed by atoms with Crippen molar-refractivity contribution in [3.05, 3.63) is 123 Å². The average Bonchev–Trinajstić information content (AvgIpc) is 3.61. The maximum atomic E-state index is 13.7. The summed E-state index contributed by atoms with van der Waals surface area (Å²) in [5, 5.41) is 21.1. The number of nitrogens with zero attached hydrogens (tertiary/aromatic N) is 2. The number of fused-ring (bicyclic) bond motifs is 3. The lowest BCUT2D eigenvalue weighted by atomic mass is 9.98. The molecule has 0 bridgehead atoms. The van der Waals surface area contributed by atoms with Crippen molar-refractivity contribution < 1.29 is 52.6 Å². The third kappa shape index (κ3) is 15.3. The number of hydrogen-bond donors (Lipinski definition) is 5. The Morgan fingerprint density at radius 3 is 2.14 bits per heavy atom. The molecule has 1 aliphatic carbocycles. The Kier molecular flexibility index (Phi) is 19.1. The Morgan fingerprint density at radius 1 is 0.877 bits per heavy atom. The van der Waals surface area contributed by atoms with Gasteiger partial charge in [0, 0.05) is 43.9 Å². The number of hydrogen-bond acceptors (Lipinski definition) is 12. The first-order chi connectivity index (χ1) is 31.2. The zero-order valence-corrected chi connectivity index (χ0v) is 36.1. The van der Waals surface area contributed by atoms with Gasteiger partial charge in [0.2, 0.25) is 11.8 Å². The lowest BCUT2D eigenvalue weighted by Gasteiger charge is -2.21. The van der Waals surface area contributed by atoms with Crippen LogP contribution in [0, 0.1) is 22.5 Å². The van der Waals surface area contributed by atoms with Gasteiger partial charge in [0.1, 0.15) is 31.5 Å². The van der Waals surface area contributed by atoms with Crippen LogP contribution in [0.1, 0.15) is 61.3 Å². The molecule has 19 nitrogen and oxygen atoms in total. The molecule has 6 N–H and O–H groups in total. The van der Waals surface area contributed by atoms with Crippen molar-refractivity contribution in [2.45, 2.75) is 58.2 Å². The first-order valence-corrected chi connectivity index (χ1v) is 20.5. The van der Waals surface area contributed by atoms with Crippen molar-refractivity contribution in [1.29, 1.82) is 0 Å². The monoisotopic (exact) mass is 893 g/mol. The summed E-state index contributed by atoms with van der Waals surface area (Å²) < 4.78 is 20.9. The molecule has 0 aliphatic heterocycles. The lowest BCUT2D eigenvalue weighted by molar-refractivity contribution is -0.384. The number of anilines is 1. The smallest absolute Gasteiger partial charge is 0.449 e. The van der Waals surface area contributed by atoms with Gasteiger partial charge in [-0.15, -0.1) is 6.42 Å². The summed E-state index contributed by atoms with van der Waals surface area (Å²) in [6.07, 6.45) is 4.01. The molecule has 19 heteroatoms. The molecule has 0 saturated heterocycles. The minimum atomic E-state index is -1.16. The number of nitro groups is 1. The van der Waals surface area contributed by atoms with Gasteiger partial charge in [-0.1, -0.05) is 80.8 Å². The quantitative estimate of drug-likeness (QED) is 0.0139. The predicted molar refractivity (Wildman–Crippen MR) is 238 cm³/mol. The Bertz CT molecular complexity index is 2320. The molecule has 5 rings (SSSR count). The molecule has 0 fully saturated rings. The maximum Gasteiger partial charge on any atom is 0.514 e. The van der Waals surface area contributed by atoms with Gasteiger partial charge in [0.25, 0.3) is 5.69 Å². The molecule has 0 spiro atoms. The molecule has 1 atom stereocenters. The number of urea groups is 1. The van der Waals surface area contributed by atoms with Gasteiger partial charge in [0.05, 0.1) is 4.92 Å². The van der Waals surface area contributed by atoms with Crippen molar-refractivity contribution in [1.82, 2.24) is 20.9 Å². The molecule has 1 unspecified atom stereocenters. The molecule has 4 aromatic carbocycles. The number of alkyl carbamates (subject to hydrolysis) is 1. The minimum absolute atomic E-state index is 0.00468. The normalized spacial score (nSPS) is 11.4. The summed E-state index contributed by atoms with van der Waals surface area (Å²) in [6.45, 7) is 3.11. The third-order valence-electron chi connectivity index (χ3n) is 9.42. The van der Waals surface area contributed by atoms with Crippen LogP contribution in [0.5, 0.6) is 5.75 Å². The van der Waals surface area contributed by atoms with Crippen LogP contribution in [0.2, 0.25) is 0 Å². The second kappa shape index (κ2) is 25.1. The predicted octanol–water partition coefficient (Wildman–Crippen LogP) is 6.34. The number of nitrogens with one attached hydrogen (secondary N) is 4. The van der Waals surface area contributed by atoms with Gasteiger partial charge in [-0.05, 0) is 70.5 Å². The zero-order valence-electron chi connectivity index (χ0n) is 36.1. The largest absolute Gasteiger partial charge is 0.514 e. The Balaban J connectivity index is 0.00000300. The van der Waals surface area contributed by atoms with E-state index in [1.165, 1.54) is 48.7 Å². The summed E-state index contributed by atoms with van der Waals surface area (Å²) in [6, 6.07) is 23.0. The average molecular weight is 894 g/mol. The van der Waals surface area contributed by atoms with Gasteiger partial charge in [0.15, 0.2) is 6.61 Å². The van der Waals surface area contributed by atoms with Crippen molar-refractivity contribution >= 4 is 47.6 Å². The highest BCUT2D eigenvalue weighted by molar-refractivity contribution is 5.97. The fourth-order valence-corrected chi connectivity index (χ4v) is 6.49. The highest BCUT2D eigenvalue weighted by Crippen LogP contribution is 2.44. The molecule has 0 saturated carbocycles. The minimum Gasteiger partial charge on any atom is -0.449 e. The number of nitro benzene ring substituents is 1. The molecule has 342 valence electrons. The van der Waals surface area contributed by atoms with Crippen molar-refractivity contribution in [2.24, 2.45) is 5.73 Å². The molecular weight excluding hydrogens is 843 g/mol. The number of ether oxygens (including phenoxy) is 4. The number of amides is 6. The van der Waals surface area contributed by atoms with Crippen LogP contribution < -0.4 is 31.7 Å². The number of carbonyl (C=O) groups is 6. The summed E-state index contributed by atoms with van der Waals surface area (Å²) in [5.41, 5.74) is 10.1. The van der Waals surface area contributed by atoms with E-state index in [0.29, 0.717) is 11.1 Å². The van der Waals surface area contributed by atoms with Crippen molar-refractivity contribution in [2.75, 3.05) is 38.7 Å². The Hall–Kier alpha value is -8.14. The highest BCUT2D eigenvalue weighted by atomic mass is 16.7. The van der Waals surface area contributed by atoms with E-state index in [9.17, 15) is 38.9 Å². The molecule has 0 heterocycles. The van der Waals surface area contributed by atoms with E-state index in [2.05, 4.69) is 41.0 Å². The fourth-order valence-electron chi connectivity index (χ4n) is 6.49. The summed E-state index contributed by atoms with van der Waals surface area (Å²) in [5.74, 6) is 0.628.